The third-order valence-electron chi connectivity index (χ3n) is 5.82. The van der Waals surface area contributed by atoms with Crippen molar-refractivity contribution in [2.75, 3.05) is 17.7 Å². The quantitative estimate of drug-likeness (QED) is 0.496. The maximum Gasteiger partial charge on any atom is 0.213 e. The number of ether oxygens (including phenoxy) is 1. The van der Waals surface area contributed by atoms with E-state index in [0.29, 0.717) is 30.8 Å². The van der Waals surface area contributed by atoms with E-state index < -0.39 is 0 Å². The normalized spacial score (nSPS) is 15.6. The third kappa shape index (κ3) is 4.17. The number of benzene rings is 1. The fourth-order valence-electron chi connectivity index (χ4n) is 4.20. The maximum atomic E-state index is 6.05. The van der Waals surface area contributed by atoms with E-state index in [-0.39, 0.29) is 0 Å². The number of rotatable bonds is 6. The molecule has 158 valence electrons. The number of pyridine rings is 2. The van der Waals surface area contributed by atoms with Gasteiger partial charge < -0.3 is 20.4 Å². The zero-order valence-corrected chi connectivity index (χ0v) is 17.6. The predicted octanol–water partition coefficient (Wildman–Crippen LogP) is 3.97. The van der Waals surface area contributed by atoms with Gasteiger partial charge in [-0.1, -0.05) is 12.1 Å². The van der Waals surface area contributed by atoms with Crippen LogP contribution in [0.3, 0.4) is 0 Å². The first-order valence-corrected chi connectivity index (χ1v) is 10.6. The first-order valence-electron chi connectivity index (χ1n) is 10.6. The second-order valence-electron chi connectivity index (χ2n) is 8.11. The van der Waals surface area contributed by atoms with E-state index >= 15 is 0 Å². The van der Waals surface area contributed by atoms with E-state index in [1.54, 1.807) is 12.4 Å². The van der Waals surface area contributed by atoms with Gasteiger partial charge in [-0.25, -0.2) is 15.0 Å². The molecular formula is C24H26N6O. The Kier molecular flexibility index (Phi) is 5.16. The summed E-state index contributed by atoms with van der Waals surface area (Å²) < 4.78 is 8.30. The lowest BCUT2D eigenvalue weighted by molar-refractivity contribution is 0.212. The largest absolute Gasteiger partial charge is 0.477 e. The number of imidazole rings is 1. The van der Waals surface area contributed by atoms with Gasteiger partial charge in [-0.05, 0) is 37.1 Å². The molecule has 1 aromatic carbocycles. The third-order valence-corrected chi connectivity index (χ3v) is 5.82. The van der Waals surface area contributed by atoms with Crippen LogP contribution in [0.5, 0.6) is 5.88 Å². The standard InChI is InChI=1S/C24H26N6O/c1-16-14-30-10-7-18(11-22(30)29-16)15-31-23-12-17(5-8-26-23)13-28-21-4-2-3-20-19(21)6-9-27-24(20)25/h2-6,8-9,12,14,18,28H,7,10-11,13,15H2,1H3,(H2,25,27)/t18-/m0/s1. The van der Waals surface area contributed by atoms with E-state index in [4.69, 9.17) is 10.5 Å². The lowest BCUT2D eigenvalue weighted by Crippen LogP contribution is -2.24. The van der Waals surface area contributed by atoms with Crippen LogP contribution in [0.4, 0.5) is 11.5 Å². The van der Waals surface area contributed by atoms with Crippen molar-refractivity contribution in [2.45, 2.75) is 32.9 Å². The molecule has 4 aromatic rings. The Balaban J connectivity index is 1.22. The number of hydrogen-bond acceptors (Lipinski definition) is 6. The first-order chi connectivity index (χ1) is 15.2. The van der Waals surface area contributed by atoms with Gasteiger partial charge >= 0.3 is 0 Å². The summed E-state index contributed by atoms with van der Waals surface area (Å²) in [6, 6.07) is 12.0. The summed E-state index contributed by atoms with van der Waals surface area (Å²) in [5.41, 5.74) is 9.23. The number of fused-ring (bicyclic) bond motifs is 2. The molecule has 0 amide bonds. The van der Waals surface area contributed by atoms with Crippen LogP contribution in [0.25, 0.3) is 10.8 Å². The highest BCUT2D eigenvalue weighted by atomic mass is 16.5. The second-order valence-corrected chi connectivity index (χ2v) is 8.11. The molecule has 1 aliphatic heterocycles. The Bertz CT molecular complexity index is 1220. The Morgan fingerprint density at radius 1 is 1.16 bits per heavy atom. The highest BCUT2D eigenvalue weighted by Gasteiger charge is 2.20. The molecule has 0 saturated heterocycles. The van der Waals surface area contributed by atoms with Gasteiger partial charge in [0.25, 0.3) is 0 Å². The van der Waals surface area contributed by atoms with Crippen LogP contribution in [0.1, 0.15) is 23.5 Å². The number of aryl methyl sites for hydroxylation is 2. The molecule has 0 aliphatic carbocycles. The molecule has 0 saturated carbocycles. The van der Waals surface area contributed by atoms with Crippen molar-refractivity contribution in [3.05, 3.63) is 72.1 Å². The zero-order valence-electron chi connectivity index (χ0n) is 17.6. The van der Waals surface area contributed by atoms with Gasteiger partial charge in [0.15, 0.2) is 0 Å². The molecule has 3 aromatic heterocycles. The lowest BCUT2D eigenvalue weighted by Gasteiger charge is -2.23. The van der Waals surface area contributed by atoms with E-state index in [9.17, 15) is 0 Å². The van der Waals surface area contributed by atoms with Crippen LogP contribution in [-0.4, -0.2) is 26.1 Å². The number of nitrogens with one attached hydrogen (secondary N) is 1. The zero-order chi connectivity index (χ0) is 21.2. The van der Waals surface area contributed by atoms with Crippen LogP contribution in [-0.2, 0) is 19.5 Å². The topological polar surface area (TPSA) is 90.9 Å². The molecule has 7 nitrogen and oxygen atoms in total. The molecule has 0 unspecified atom stereocenters. The molecule has 31 heavy (non-hydrogen) atoms. The molecule has 4 heterocycles. The molecule has 7 heteroatoms. The molecule has 5 rings (SSSR count). The number of anilines is 2. The average molecular weight is 415 g/mol. The summed E-state index contributed by atoms with van der Waals surface area (Å²) in [5, 5.41) is 5.51. The highest BCUT2D eigenvalue weighted by Crippen LogP contribution is 2.27. The highest BCUT2D eigenvalue weighted by molar-refractivity contribution is 5.99. The first kappa shape index (κ1) is 19.4. The average Bonchev–Trinajstić information content (AvgIpc) is 3.16. The summed E-state index contributed by atoms with van der Waals surface area (Å²) in [4.78, 5) is 13.2. The fraction of sp³-hybridized carbons (Fsp3) is 0.292. The van der Waals surface area contributed by atoms with E-state index in [2.05, 4.69) is 37.1 Å². The number of nitrogens with two attached hydrogens (primary N) is 1. The van der Waals surface area contributed by atoms with E-state index in [1.807, 2.05) is 37.3 Å². The SMILES string of the molecule is Cc1cn2c(n1)C[C@@H](COc1cc(CNc3cccc4c(N)nccc34)ccn1)CC2. The predicted molar refractivity (Wildman–Crippen MR) is 122 cm³/mol. The van der Waals surface area contributed by atoms with Gasteiger partial charge in [0.2, 0.25) is 5.88 Å². The molecule has 0 fully saturated rings. The van der Waals surface area contributed by atoms with Gasteiger partial charge in [-0.3, -0.25) is 0 Å². The smallest absolute Gasteiger partial charge is 0.213 e. The molecule has 1 atom stereocenters. The Hall–Kier alpha value is -3.61. The number of nitrogens with zero attached hydrogens (tertiary/aromatic N) is 4. The molecule has 0 radical (unpaired) electrons. The minimum atomic E-state index is 0.465. The van der Waals surface area contributed by atoms with Crippen LogP contribution in [0.15, 0.2) is 55.0 Å². The Labute approximate surface area is 181 Å². The molecule has 3 N–H and O–H groups in total. The van der Waals surface area contributed by atoms with Gasteiger partial charge in [0.1, 0.15) is 11.6 Å². The van der Waals surface area contributed by atoms with Gasteiger partial charge in [0.05, 0.1) is 12.3 Å². The molecule has 0 spiro atoms. The van der Waals surface area contributed by atoms with Crippen molar-refractivity contribution >= 4 is 22.3 Å². The monoisotopic (exact) mass is 414 g/mol. The minimum absolute atomic E-state index is 0.465. The second kappa shape index (κ2) is 8.26. The van der Waals surface area contributed by atoms with Gasteiger partial charge in [-0.15, -0.1) is 0 Å². The van der Waals surface area contributed by atoms with Crippen molar-refractivity contribution < 1.29 is 4.74 Å². The summed E-state index contributed by atoms with van der Waals surface area (Å²) in [6.45, 7) is 4.38. The summed E-state index contributed by atoms with van der Waals surface area (Å²) in [7, 11) is 0. The van der Waals surface area contributed by atoms with E-state index in [0.717, 1.165) is 52.9 Å². The number of aromatic nitrogens is 4. The van der Waals surface area contributed by atoms with Crippen molar-refractivity contribution in [1.29, 1.82) is 0 Å². The van der Waals surface area contributed by atoms with E-state index in [1.165, 1.54) is 0 Å². The Morgan fingerprint density at radius 2 is 2.06 bits per heavy atom. The van der Waals surface area contributed by atoms with Crippen LogP contribution >= 0.6 is 0 Å². The minimum Gasteiger partial charge on any atom is -0.477 e. The molecule has 0 bridgehead atoms. The number of hydrogen-bond donors (Lipinski definition) is 2. The Morgan fingerprint density at radius 3 is 3.00 bits per heavy atom. The van der Waals surface area contributed by atoms with Gasteiger partial charge in [0, 0.05) is 66.5 Å². The van der Waals surface area contributed by atoms with Crippen molar-refractivity contribution in [1.82, 2.24) is 19.5 Å². The van der Waals surface area contributed by atoms with Crippen LogP contribution in [0, 0.1) is 12.8 Å². The summed E-state index contributed by atoms with van der Waals surface area (Å²) in [5.74, 6) is 2.83. The van der Waals surface area contributed by atoms with Crippen molar-refractivity contribution in [3.63, 3.8) is 0 Å². The fourth-order valence-corrected chi connectivity index (χ4v) is 4.20. The molecule has 1 aliphatic rings. The van der Waals surface area contributed by atoms with Crippen molar-refractivity contribution in [3.8, 4) is 5.88 Å². The maximum absolute atomic E-state index is 6.05. The molecular weight excluding hydrogens is 388 g/mol. The summed E-state index contributed by atoms with van der Waals surface area (Å²) in [6.07, 6.45) is 7.72. The van der Waals surface area contributed by atoms with Crippen molar-refractivity contribution in [2.24, 2.45) is 5.92 Å². The van der Waals surface area contributed by atoms with Crippen LogP contribution < -0.4 is 15.8 Å². The lowest BCUT2D eigenvalue weighted by atomic mass is 9.99. The number of nitrogen functional groups attached to an aromatic ring is 1. The van der Waals surface area contributed by atoms with Crippen LogP contribution in [0.2, 0.25) is 0 Å². The summed E-state index contributed by atoms with van der Waals surface area (Å²) >= 11 is 0. The van der Waals surface area contributed by atoms with Gasteiger partial charge in [-0.2, -0.15) is 0 Å².